The largest absolute Gasteiger partial charge is 0.456 e. The molecule has 1 amide bonds. The van der Waals surface area contributed by atoms with Crippen molar-refractivity contribution in [2.24, 2.45) is 7.05 Å². The predicted octanol–water partition coefficient (Wildman–Crippen LogP) is 4.78. The van der Waals surface area contributed by atoms with Crippen LogP contribution in [-0.2, 0) is 17.3 Å². The summed E-state index contributed by atoms with van der Waals surface area (Å²) in [7, 11) is -1.04. The molecule has 1 saturated carbocycles. The van der Waals surface area contributed by atoms with Crippen molar-refractivity contribution in [3.63, 3.8) is 0 Å². The molecule has 1 aliphatic rings. The van der Waals surface area contributed by atoms with Crippen LogP contribution in [0.15, 0.2) is 41.2 Å². The van der Waals surface area contributed by atoms with Gasteiger partial charge in [0.1, 0.15) is 22.9 Å². The minimum atomic E-state index is -3.80. The number of nitrogens with zero attached hydrogens (tertiary/aromatic N) is 1. The Morgan fingerprint density at radius 3 is 2.33 bits per heavy atom. The molecule has 216 valence electrons. The van der Waals surface area contributed by atoms with Gasteiger partial charge in [0.05, 0.1) is 16.9 Å². The van der Waals surface area contributed by atoms with Crippen LogP contribution < -0.4 is 30.4 Å². The van der Waals surface area contributed by atoms with Crippen molar-refractivity contribution in [2.75, 3.05) is 17.1 Å². The van der Waals surface area contributed by atoms with E-state index in [1.807, 2.05) is 13.8 Å². The van der Waals surface area contributed by atoms with Crippen LogP contribution in [0.1, 0.15) is 53.7 Å². The molecule has 0 atom stereocenters. The number of amides is 1. The molecule has 4 N–H and O–H groups in total. The van der Waals surface area contributed by atoms with E-state index in [2.05, 4.69) is 20.1 Å². The summed E-state index contributed by atoms with van der Waals surface area (Å²) in [5, 5.41) is 5.83. The number of hydrogen-bond acceptors (Lipinski definition) is 6. The molecule has 0 unspecified atom stereocenters. The van der Waals surface area contributed by atoms with Gasteiger partial charge in [0.2, 0.25) is 0 Å². The molecule has 1 fully saturated rings. The lowest BCUT2D eigenvalue weighted by Crippen LogP contribution is -2.31. The second kappa shape index (κ2) is 12.5. The maximum Gasteiger partial charge on any atom is 0.298 e. The number of hydrogen-bond donors (Lipinski definition) is 4. The van der Waals surface area contributed by atoms with E-state index in [-0.39, 0.29) is 45.9 Å². The summed E-state index contributed by atoms with van der Waals surface area (Å²) in [6, 6.07) is 9.31. The van der Waals surface area contributed by atoms with Crippen LogP contribution in [-0.4, -0.2) is 32.0 Å². The molecule has 40 heavy (non-hydrogen) atoms. The minimum Gasteiger partial charge on any atom is -0.456 e. The van der Waals surface area contributed by atoms with Gasteiger partial charge in [-0.05, 0) is 63.4 Å². The fraction of sp³-hybridized carbons (Fsp3) is 0.357. The summed E-state index contributed by atoms with van der Waals surface area (Å²) >= 11 is 0. The molecule has 2 aromatic carbocycles. The molecule has 3 aromatic rings. The first-order valence-corrected chi connectivity index (χ1v) is 14.5. The van der Waals surface area contributed by atoms with Crippen LogP contribution in [0.25, 0.3) is 0 Å². The Morgan fingerprint density at radius 2 is 1.73 bits per heavy atom. The number of aromatic nitrogens is 1. The fourth-order valence-electron chi connectivity index (χ4n) is 3.87. The summed E-state index contributed by atoms with van der Waals surface area (Å²) in [6.07, 6.45) is 1.66. The van der Waals surface area contributed by atoms with Crippen LogP contribution in [0, 0.1) is 26.6 Å². The highest BCUT2D eigenvalue weighted by Gasteiger charge is 2.31. The zero-order valence-electron chi connectivity index (χ0n) is 23.7. The van der Waals surface area contributed by atoms with Crippen molar-refractivity contribution in [2.45, 2.75) is 53.5 Å². The summed E-state index contributed by atoms with van der Waals surface area (Å²) < 4.78 is 50.9. The Balaban J connectivity index is 0.00000216. The standard InChI is InChI=1S/C26H30FN5O5S.C2H6/c1-14-9-12-20(18(27)13-14)30-24-22(25(33)29-17-10-11-17)23(16(3)26(34)32(24)5)37-21-8-6-7-19(15(21)2)31-38(35,36)28-4;1-2/h6-9,12-13,17,28,30-31H,10-11H2,1-5H3,(H,29,33);1-2H3. The Hall–Kier alpha value is -3.90. The molecule has 10 nitrogen and oxygen atoms in total. The molecule has 0 bridgehead atoms. The minimum absolute atomic E-state index is 0.00198. The number of rotatable bonds is 9. The molecule has 1 aliphatic carbocycles. The van der Waals surface area contributed by atoms with E-state index in [0.29, 0.717) is 11.1 Å². The van der Waals surface area contributed by atoms with E-state index in [1.54, 1.807) is 38.1 Å². The average molecular weight is 574 g/mol. The monoisotopic (exact) mass is 573 g/mol. The second-order valence-electron chi connectivity index (χ2n) is 9.24. The molecular formula is C28H36FN5O5S. The third-order valence-electron chi connectivity index (χ3n) is 6.29. The number of anilines is 3. The van der Waals surface area contributed by atoms with E-state index in [9.17, 15) is 22.4 Å². The van der Waals surface area contributed by atoms with Crippen molar-refractivity contribution in [1.82, 2.24) is 14.6 Å². The number of carbonyl (C=O) groups excluding carboxylic acids is 1. The van der Waals surface area contributed by atoms with Crippen LogP contribution in [0.5, 0.6) is 11.5 Å². The van der Waals surface area contributed by atoms with Crippen molar-refractivity contribution in [3.8, 4) is 11.5 Å². The maximum absolute atomic E-state index is 14.8. The highest BCUT2D eigenvalue weighted by molar-refractivity contribution is 7.90. The number of benzene rings is 2. The first kappa shape index (κ1) is 30.6. The molecule has 0 saturated heterocycles. The SMILES string of the molecule is CC.CNS(=O)(=O)Nc1cccc(Oc2c(C(=O)NC3CC3)c(Nc3ccc(C)cc3F)n(C)c(=O)c2C)c1C. The topological polar surface area (TPSA) is 131 Å². The van der Waals surface area contributed by atoms with Crippen molar-refractivity contribution in [3.05, 3.63) is 74.8 Å². The Bertz CT molecular complexity index is 1580. The van der Waals surface area contributed by atoms with Crippen LogP contribution in [0.2, 0.25) is 0 Å². The normalized spacial score (nSPS) is 12.7. The summed E-state index contributed by atoms with van der Waals surface area (Å²) in [5.41, 5.74) is 1.21. The zero-order chi connectivity index (χ0) is 29.8. The lowest BCUT2D eigenvalue weighted by atomic mass is 10.1. The summed E-state index contributed by atoms with van der Waals surface area (Å²) in [6.45, 7) is 8.93. The van der Waals surface area contributed by atoms with E-state index in [4.69, 9.17) is 4.74 Å². The van der Waals surface area contributed by atoms with Crippen LogP contribution in [0.3, 0.4) is 0 Å². The van der Waals surface area contributed by atoms with E-state index in [1.165, 1.54) is 37.7 Å². The lowest BCUT2D eigenvalue weighted by Gasteiger charge is -2.22. The smallest absolute Gasteiger partial charge is 0.298 e. The number of halogens is 1. The van der Waals surface area contributed by atoms with Gasteiger partial charge < -0.3 is 15.4 Å². The van der Waals surface area contributed by atoms with Gasteiger partial charge in [-0.3, -0.25) is 18.9 Å². The van der Waals surface area contributed by atoms with Gasteiger partial charge in [0.15, 0.2) is 5.75 Å². The molecule has 0 radical (unpaired) electrons. The van der Waals surface area contributed by atoms with E-state index in [0.717, 1.165) is 12.8 Å². The number of aryl methyl sites for hydroxylation is 1. The Morgan fingerprint density at radius 1 is 1.05 bits per heavy atom. The fourth-order valence-corrected chi connectivity index (χ4v) is 4.49. The third kappa shape index (κ3) is 6.80. The molecule has 12 heteroatoms. The van der Waals surface area contributed by atoms with Crippen LogP contribution >= 0.6 is 0 Å². The van der Waals surface area contributed by atoms with Gasteiger partial charge in [-0.2, -0.15) is 8.42 Å². The highest BCUT2D eigenvalue weighted by atomic mass is 32.2. The van der Waals surface area contributed by atoms with Gasteiger partial charge in [0, 0.05) is 25.7 Å². The molecule has 0 aliphatic heterocycles. The third-order valence-corrected chi connectivity index (χ3v) is 7.32. The molecule has 1 heterocycles. The highest BCUT2D eigenvalue weighted by Crippen LogP contribution is 2.37. The van der Waals surface area contributed by atoms with Crippen LogP contribution in [0.4, 0.5) is 21.6 Å². The number of nitrogens with one attached hydrogen (secondary N) is 4. The van der Waals surface area contributed by atoms with Gasteiger partial charge >= 0.3 is 0 Å². The average Bonchev–Trinajstić information content (AvgIpc) is 3.74. The van der Waals surface area contributed by atoms with Gasteiger partial charge in [0.25, 0.3) is 21.7 Å². The molecule has 0 spiro atoms. The van der Waals surface area contributed by atoms with E-state index >= 15 is 0 Å². The Labute approximate surface area is 234 Å². The van der Waals surface area contributed by atoms with Crippen molar-refractivity contribution >= 4 is 33.3 Å². The van der Waals surface area contributed by atoms with Crippen molar-refractivity contribution < 1.29 is 22.3 Å². The zero-order valence-corrected chi connectivity index (χ0v) is 24.5. The lowest BCUT2D eigenvalue weighted by molar-refractivity contribution is 0.0948. The molecular weight excluding hydrogens is 537 g/mol. The summed E-state index contributed by atoms with van der Waals surface area (Å²) in [5.74, 6) is -0.764. The summed E-state index contributed by atoms with van der Waals surface area (Å²) in [4.78, 5) is 26.7. The predicted molar refractivity (Wildman–Crippen MR) is 156 cm³/mol. The first-order valence-electron chi connectivity index (χ1n) is 13.0. The second-order valence-corrected chi connectivity index (χ2v) is 10.9. The van der Waals surface area contributed by atoms with Gasteiger partial charge in [-0.1, -0.05) is 26.0 Å². The van der Waals surface area contributed by atoms with Gasteiger partial charge in [-0.25, -0.2) is 9.11 Å². The first-order chi connectivity index (χ1) is 18.9. The number of ether oxygens (including phenoxy) is 1. The molecule has 1 aromatic heterocycles. The number of carbonyl (C=O) groups is 1. The van der Waals surface area contributed by atoms with Gasteiger partial charge in [-0.15, -0.1) is 0 Å². The van der Waals surface area contributed by atoms with Crippen molar-refractivity contribution in [1.29, 1.82) is 0 Å². The quantitative estimate of drug-likeness (QED) is 0.292. The number of pyridine rings is 1. The van der Waals surface area contributed by atoms with E-state index < -0.39 is 27.5 Å². The Kier molecular flexibility index (Phi) is 9.59. The molecule has 4 rings (SSSR count). The maximum atomic E-state index is 14.8.